The van der Waals surface area contributed by atoms with E-state index in [4.69, 9.17) is 22.3 Å². The Morgan fingerprint density at radius 3 is 2.55 bits per heavy atom. The number of hydrogen-bond donors (Lipinski definition) is 1. The van der Waals surface area contributed by atoms with E-state index in [1.807, 2.05) is 30.5 Å². The lowest BCUT2D eigenvalue weighted by Gasteiger charge is -2.16. The third-order valence-corrected chi connectivity index (χ3v) is 5.87. The van der Waals surface area contributed by atoms with Crippen LogP contribution in [0, 0.1) is 6.92 Å². The van der Waals surface area contributed by atoms with Crippen LogP contribution in [-0.2, 0) is 6.54 Å². The molecule has 0 amide bonds. The fourth-order valence-electron chi connectivity index (χ4n) is 3.93. The smallest absolute Gasteiger partial charge is 0.0665 e. The highest BCUT2D eigenvalue weighted by Crippen LogP contribution is 2.31. The number of aliphatic imine (C=N–C) groups is 1. The van der Waals surface area contributed by atoms with Gasteiger partial charge in [-0.2, -0.15) is 0 Å². The van der Waals surface area contributed by atoms with Crippen molar-refractivity contribution in [3.63, 3.8) is 0 Å². The van der Waals surface area contributed by atoms with Crippen molar-refractivity contribution in [2.75, 3.05) is 18.8 Å². The van der Waals surface area contributed by atoms with E-state index in [-0.39, 0.29) is 0 Å². The predicted molar refractivity (Wildman–Crippen MR) is 124 cm³/mol. The molecule has 0 atom stereocenters. The van der Waals surface area contributed by atoms with Gasteiger partial charge in [0.15, 0.2) is 0 Å². The second-order valence-corrected chi connectivity index (χ2v) is 8.04. The van der Waals surface area contributed by atoms with Crippen LogP contribution < -0.4 is 5.73 Å². The molecule has 0 spiro atoms. The standard InChI is InChI=1S/C25H26ClN3/c1-18-22(20-8-3-2-4-9-20)10-7-11-24(18)28-16-21-14-19(15-23(26)25(21)27)17-29-12-5-6-13-29/h2-4,7-11,14-16H,5-6,12-13,17,27H2,1H3. The maximum atomic E-state index is 6.42. The Kier molecular flexibility index (Phi) is 5.98. The molecule has 4 rings (SSSR count). The molecule has 0 aliphatic carbocycles. The molecule has 3 nitrogen and oxygen atoms in total. The zero-order chi connectivity index (χ0) is 20.2. The number of nitrogen functional groups attached to an aromatic ring is 1. The van der Waals surface area contributed by atoms with Gasteiger partial charge in [-0.1, -0.05) is 54.1 Å². The molecule has 0 unspecified atom stereocenters. The summed E-state index contributed by atoms with van der Waals surface area (Å²) in [5.74, 6) is 0. The Morgan fingerprint density at radius 1 is 1.03 bits per heavy atom. The van der Waals surface area contributed by atoms with Crippen molar-refractivity contribution in [1.82, 2.24) is 4.90 Å². The minimum absolute atomic E-state index is 0.581. The van der Waals surface area contributed by atoms with Crippen molar-refractivity contribution in [3.05, 3.63) is 82.4 Å². The molecule has 0 saturated carbocycles. The van der Waals surface area contributed by atoms with Crippen LogP contribution in [0.3, 0.4) is 0 Å². The fourth-order valence-corrected chi connectivity index (χ4v) is 4.18. The minimum Gasteiger partial charge on any atom is -0.397 e. The summed E-state index contributed by atoms with van der Waals surface area (Å²) in [4.78, 5) is 7.21. The Morgan fingerprint density at radius 2 is 1.79 bits per heavy atom. The average Bonchev–Trinajstić information content (AvgIpc) is 3.24. The van der Waals surface area contributed by atoms with Crippen LogP contribution >= 0.6 is 11.6 Å². The highest BCUT2D eigenvalue weighted by atomic mass is 35.5. The quantitative estimate of drug-likeness (QED) is 0.404. The molecule has 0 aromatic heterocycles. The van der Waals surface area contributed by atoms with Crippen LogP contribution in [0.5, 0.6) is 0 Å². The maximum absolute atomic E-state index is 6.42. The molecule has 1 aliphatic heterocycles. The number of halogens is 1. The first-order valence-corrected chi connectivity index (χ1v) is 10.5. The minimum atomic E-state index is 0.581. The van der Waals surface area contributed by atoms with Crippen molar-refractivity contribution >= 4 is 29.2 Å². The predicted octanol–water partition coefficient (Wildman–Crippen LogP) is 6.24. The maximum Gasteiger partial charge on any atom is 0.0665 e. The van der Waals surface area contributed by atoms with Crippen LogP contribution in [-0.4, -0.2) is 24.2 Å². The zero-order valence-corrected chi connectivity index (χ0v) is 17.5. The Bertz CT molecular complexity index is 1020. The molecule has 1 saturated heterocycles. The highest BCUT2D eigenvalue weighted by molar-refractivity contribution is 6.33. The van der Waals surface area contributed by atoms with Gasteiger partial charge in [-0.3, -0.25) is 9.89 Å². The molecule has 3 aromatic rings. The summed E-state index contributed by atoms with van der Waals surface area (Å²) in [5.41, 5.74) is 13.3. The topological polar surface area (TPSA) is 41.6 Å². The van der Waals surface area contributed by atoms with Gasteiger partial charge in [0, 0.05) is 18.3 Å². The summed E-state index contributed by atoms with van der Waals surface area (Å²) in [6.45, 7) is 5.31. The second kappa shape index (κ2) is 8.81. The first kappa shape index (κ1) is 19.7. The molecule has 2 N–H and O–H groups in total. The summed E-state index contributed by atoms with van der Waals surface area (Å²) in [5, 5.41) is 0.595. The van der Waals surface area contributed by atoms with Gasteiger partial charge in [0.25, 0.3) is 0 Å². The molecule has 0 bridgehead atoms. The van der Waals surface area contributed by atoms with Gasteiger partial charge in [-0.05, 0) is 73.3 Å². The van der Waals surface area contributed by atoms with E-state index in [0.717, 1.165) is 36.4 Å². The van der Waals surface area contributed by atoms with Gasteiger partial charge in [0.2, 0.25) is 0 Å². The normalized spacial score (nSPS) is 14.7. The fraction of sp³-hybridized carbons (Fsp3) is 0.240. The molecular weight excluding hydrogens is 378 g/mol. The summed E-state index contributed by atoms with van der Waals surface area (Å²) >= 11 is 6.42. The summed E-state index contributed by atoms with van der Waals surface area (Å²) in [6.07, 6.45) is 4.38. The molecule has 3 aromatic carbocycles. The lowest BCUT2D eigenvalue weighted by molar-refractivity contribution is 0.331. The van der Waals surface area contributed by atoms with Crippen molar-refractivity contribution < 1.29 is 0 Å². The van der Waals surface area contributed by atoms with Crippen molar-refractivity contribution in [1.29, 1.82) is 0 Å². The Hall–Kier alpha value is -2.62. The molecule has 1 aliphatic rings. The Labute approximate surface area is 177 Å². The van der Waals surface area contributed by atoms with Crippen LogP contribution in [0.2, 0.25) is 5.02 Å². The lowest BCUT2D eigenvalue weighted by Crippen LogP contribution is -2.18. The first-order valence-electron chi connectivity index (χ1n) is 10.1. The lowest BCUT2D eigenvalue weighted by atomic mass is 9.99. The molecule has 4 heteroatoms. The van der Waals surface area contributed by atoms with Crippen molar-refractivity contribution in [2.45, 2.75) is 26.3 Å². The van der Waals surface area contributed by atoms with Crippen LogP contribution in [0.1, 0.15) is 29.5 Å². The average molecular weight is 404 g/mol. The number of likely N-dealkylation sites (tertiary alicyclic amines) is 1. The van der Waals surface area contributed by atoms with E-state index in [9.17, 15) is 0 Å². The number of hydrogen-bond acceptors (Lipinski definition) is 3. The zero-order valence-electron chi connectivity index (χ0n) is 16.7. The van der Waals surface area contributed by atoms with E-state index in [0.29, 0.717) is 10.7 Å². The van der Waals surface area contributed by atoms with Gasteiger partial charge in [-0.25, -0.2) is 0 Å². The SMILES string of the molecule is Cc1c(N=Cc2cc(CN3CCCC3)cc(Cl)c2N)cccc1-c1ccccc1. The molecule has 1 heterocycles. The van der Waals surface area contributed by atoms with E-state index in [1.165, 1.54) is 29.5 Å². The van der Waals surface area contributed by atoms with Gasteiger partial charge in [0.05, 0.1) is 16.4 Å². The third-order valence-electron chi connectivity index (χ3n) is 5.56. The monoisotopic (exact) mass is 403 g/mol. The molecule has 148 valence electrons. The summed E-state index contributed by atoms with van der Waals surface area (Å²) in [7, 11) is 0. The van der Waals surface area contributed by atoms with Gasteiger partial charge < -0.3 is 5.73 Å². The van der Waals surface area contributed by atoms with Crippen LogP contribution in [0.15, 0.2) is 65.7 Å². The van der Waals surface area contributed by atoms with Crippen molar-refractivity contribution in [3.8, 4) is 11.1 Å². The van der Waals surface area contributed by atoms with Crippen LogP contribution in [0.4, 0.5) is 11.4 Å². The summed E-state index contributed by atoms with van der Waals surface area (Å²) in [6, 6.07) is 20.7. The molecular formula is C25H26ClN3. The highest BCUT2D eigenvalue weighted by Gasteiger charge is 2.14. The number of benzene rings is 3. The number of nitrogens with zero attached hydrogens (tertiary/aromatic N) is 2. The summed E-state index contributed by atoms with van der Waals surface area (Å²) < 4.78 is 0. The molecule has 1 fully saturated rings. The van der Waals surface area contributed by atoms with Gasteiger partial charge >= 0.3 is 0 Å². The van der Waals surface area contributed by atoms with E-state index in [1.54, 1.807) is 0 Å². The van der Waals surface area contributed by atoms with E-state index >= 15 is 0 Å². The molecule has 29 heavy (non-hydrogen) atoms. The van der Waals surface area contributed by atoms with E-state index < -0.39 is 0 Å². The largest absolute Gasteiger partial charge is 0.397 e. The second-order valence-electron chi connectivity index (χ2n) is 7.64. The molecule has 0 radical (unpaired) electrons. The number of rotatable bonds is 5. The van der Waals surface area contributed by atoms with Crippen molar-refractivity contribution in [2.24, 2.45) is 4.99 Å². The number of anilines is 1. The third kappa shape index (κ3) is 4.52. The first-order chi connectivity index (χ1) is 14.1. The van der Waals surface area contributed by atoms with E-state index in [2.05, 4.69) is 48.2 Å². The Balaban J connectivity index is 1.63. The van der Waals surface area contributed by atoms with Gasteiger partial charge in [-0.15, -0.1) is 0 Å². The number of nitrogens with two attached hydrogens (primary N) is 1. The van der Waals surface area contributed by atoms with Crippen LogP contribution in [0.25, 0.3) is 11.1 Å². The van der Waals surface area contributed by atoms with Gasteiger partial charge in [0.1, 0.15) is 0 Å².